The SMILES string of the molecule is Cc1cc(C)cc(OCCN(C)C(=O)Cn2[nH]c3ccccc3c2=O)c1. The maximum absolute atomic E-state index is 12.4. The number of nitrogens with zero attached hydrogens (tertiary/aromatic N) is 2. The average molecular weight is 353 g/mol. The summed E-state index contributed by atoms with van der Waals surface area (Å²) in [6.07, 6.45) is 0. The van der Waals surface area contributed by atoms with Gasteiger partial charge in [0.15, 0.2) is 0 Å². The molecule has 0 aliphatic rings. The molecule has 1 N–H and O–H groups in total. The fourth-order valence-electron chi connectivity index (χ4n) is 2.92. The molecule has 0 saturated carbocycles. The van der Waals surface area contributed by atoms with Crippen LogP contribution in [0.15, 0.2) is 47.3 Å². The van der Waals surface area contributed by atoms with E-state index in [9.17, 15) is 9.59 Å². The van der Waals surface area contributed by atoms with Gasteiger partial charge < -0.3 is 9.64 Å². The van der Waals surface area contributed by atoms with Crippen LogP contribution in [0.25, 0.3) is 10.9 Å². The third kappa shape index (κ3) is 3.96. The highest BCUT2D eigenvalue weighted by atomic mass is 16.5. The highest BCUT2D eigenvalue weighted by Crippen LogP contribution is 2.16. The molecule has 0 unspecified atom stereocenters. The number of hydrogen-bond acceptors (Lipinski definition) is 3. The number of rotatable bonds is 6. The van der Waals surface area contributed by atoms with Gasteiger partial charge in [0, 0.05) is 7.05 Å². The Morgan fingerprint density at radius 2 is 1.85 bits per heavy atom. The number of ether oxygens (including phenoxy) is 1. The minimum absolute atomic E-state index is 0.0203. The zero-order valence-electron chi connectivity index (χ0n) is 15.3. The first-order valence-corrected chi connectivity index (χ1v) is 8.56. The van der Waals surface area contributed by atoms with Crippen molar-refractivity contribution < 1.29 is 9.53 Å². The zero-order valence-corrected chi connectivity index (χ0v) is 15.3. The minimum Gasteiger partial charge on any atom is -0.492 e. The number of H-pyrrole nitrogens is 1. The summed E-state index contributed by atoms with van der Waals surface area (Å²) in [4.78, 5) is 26.2. The van der Waals surface area contributed by atoms with E-state index < -0.39 is 0 Å². The number of aromatic nitrogens is 2. The Morgan fingerprint density at radius 3 is 2.54 bits per heavy atom. The van der Waals surface area contributed by atoms with Gasteiger partial charge >= 0.3 is 0 Å². The molecule has 2 aromatic carbocycles. The largest absolute Gasteiger partial charge is 0.492 e. The number of nitrogens with one attached hydrogen (secondary N) is 1. The Morgan fingerprint density at radius 1 is 1.15 bits per heavy atom. The standard InChI is InChI=1S/C20H23N3O3/c1-14-10-15(2)12-16(11-14)26-9-8-22(3)19(24)13-23-20(25)17-6-4-5-7-18(17)21-23/h4-7,10-12,21H,8-9,13H2,1-3H3. The first kappa shape index (κ1) is 17.8. The van der Waals surface area contributed by atoms with Gasteiger partial charge in [-0.05, 0) is 49.2 Å². The number of aryl methyl sites for hydroxylation is 2. The van der Waals surface area contributed by atoms with Gasteiger partial charge in [-0.25, -0.2) is 4.68 Å². The van der Waals surface area contributed by atoms with E-state index in [4.69, 9.17) is 4.74 Å². The molecule has 3 aromatic rings. The molecule has 1 heterocycles. The Hall–Kier alpha value is -3.02. The third-order valence-electron chi connectivity index (χ3n) is 4.27. The lowest BCUT2D eigenvalue weighted by molar-refractivity contribution is -0.131. The molecular weight excluding hydrogens is 330 g/mol. The van der Waals surface area contributed by atoms with Crippen LogP contribution in [0.3, 0.4) is 0 Å². The van der Waals surface area contributed by atoms with Crippen LogP contribution in [0.1, 0.15) is 11.1 Å². The number of likely N-dealkylation sites (N-methyl/N-ethyl adjacent to an activating group) is 1. The van der Waals surface area contributed by atoms with E-state index in [0.29, 0.717) is 18.5 Å². The molecule has 1 aromatic heterocycles. The van der Waals surface area contributed by atoms with Crippen molar-refractivity contribution in [2.75, 3.05) is 20.2 Å². The van der Waals surface area contributed by atoms with Crippen LogP contribution in [-0.2, 0) is 11.3 Å². The van der Waals surface area contributed by atoms with Gasteiger partial charge in [-0.2, -0.15) is 0 Å². The summed E-state index contributed by atoms with van der Waals surface area (Å²) in [5.74, 6) is 0.651. The Labute approximate surface area is 152 Å². The van der Waals surface area contributed by atoms with E-state index in [1.54, 1.807) is 24.1 Å². The molecular formula is C20H23N3O3. The number of hydrogen-bond donors (Lipinski definition) is 1. The summed E-state index contributed by atoms with van der Waals surface area (Å²) in [6, 6.07) is 13.2. The smallest absolute Gasteiger partial charge is 0.274 e. The Bertz CT molecular complexity index is 967. The van der Waals surface area contributed by atoms with Crippen molar-refractivity contribution in [3.05, 3.63) is 63.9 Å². The van der Waals surface area contributed by atoms with Gasteiger partial charge in [0.2, 0.25) is 5.91 Å². The number of carbonyl (C=O) groups is 1. The van der Waals surface area contributed by atoms with Gasteiger partial charge in [0.25, 0.3) is 5.56 Å². The minimum atomic E-state index is -0.186. The average Bonchev–Trinajstić information content (AvgIpc) is 2.90. The van der Waals surface area contributed by atoms with E-state index in [1.165, 1.54) is 4.68 Å². The molecule has 3 rings (SSSR count). The number of benzene rings is 2. The molecule has 0 aliphatic carbocycles. The predicted molar refractivity (Wildman–Crippen MR) is 102 cm³/mol. The first-order chi connectivity index (χ1) is 12.4. The van der Waals surface area contributed by atoms with Crippen molar-refractivity contribution in [1.29, 1.82) is 0 Å². The fraction of sp³-hybridized carbons (Fsp3) is 0.300. The van der Waals surface area contributed by atoms with Crippen molar-refractivity contribution in [2.45, 2.75) is 20.4 Å². The van der Waals surface area contributed by atoms with Crippen LogP contribution in [0, 0.1) is 13.8 Å². The lowest BCUT2D eigenvalue weighted by Gasteiger charge is -2.17. The van der Waals surface area contributed by atoms with E-state index in [1.807, 2.05) is 38.1 Å². The topological polar surface area (TPSA) is 67.3 Å². The number of amides is 1. The van der Waals surface area contributed by atoms with Crippen molar-refractivity contribution >= 4 is 16.8 Å². The predicted octanol–water partition coefficient (Wildman–Crippen LogP) is 2.48. The molecule has 136 valence electrons. The second-order valence-electron chi connectivity index (χ2n) is 6.54. The maximum atomic E-state index is 12.4. The van der Waals surface area contributed by atoms with Crippen molar-refractivity contribution in [3.63, 3.8) is 0 Å². The van der Waals surface area contributed by atoms with Gasteiger partial charge in [-0.1, -0.05) is 18.2 Å². The van der Waals surface area contributed by atoms with Crippen LogP contribution in [0.2, 0.25) is 0 Å². The summed E-state index contributed by atoms with van der Waals surface area (Å²) in [7, 11) is 1.71. The van der Waals surface area contributed by atoms with Crippen molar-refractivity contribution in [1.82, 2.24) is 14.7 Å². The van der Waals surface area contributed by atoms with E-state index in [-0.39, 0.29) is 18.0 Å². The number of fused-ring (bicyclic) bond motifs is 1. The van der Waals surface area contributed by atoms with Crippen LogP contribution in [-0.4, -0.2) is 40.8 Å². The highest BCUT2D eigenvalue weighted by Gasteiger charge is 2.13. The Balaban J connectivity index is 1.57. The van der Waals surface area contributed by atoms with Crippen LogP contribution < -0.4 is 10.3 Å². The second-order valence-corrected chi connectivity index (χ2v) is 6.54. The van der Waals surface area contributed by atoms with Gasteiger partial charge in [0.1, 0.15) is 18.9 Å². The van der Waals surface area contributed by atoms with Crippen LogP contribution >= 0.6 is 0 Å². The van der Waals surface area contributed by atoms with Crippen molar-refractivity contribution in [3.8, 4) is 5.75 Å². The number of aromatic amines is 1. The molecule has 0 fully saturated rings. The summed E-state index contributed by atoms with van der Waals surface area (Å²) in [5, 5.41) is 3.55. The van der Waals surface area contributed by atoms with E-state index in [0.717, 1.165) is 22.4 Å². The molecule has 0 bridgehead atoms. The summed E-state index contributed by atoms with van der Waals surface area (Å²) in [6.45, 7) is 4.86. The first-order valence-electron chi connectivity index (χ1n) is 8.56. The quantitative estimate of drug-likeness (QED) is 0.740. The van der Waals surface area contributed by atoms with Gasteiger partial charge in [-0.15, -0.1) is 0 Å². The monoisotopic (exact) mass is 353 g/mol. The maximum Gasteiger partial charge on any atom is 0.274 e. The summed E-state index contributed by atoms with van der Waals surface area (Å²) < 4.78 is 7.08. The Kier molecular flexibility index (Phi) is 5.11. The molecule has 0 aliphatic heterocycles. The second kappa shape index (κ2) is 7.47. The number of para-hydroxylation sites is 1. The van der Waals surface area contributed by atoms with Crippen LogP contribution in [0.5, 0.6) is 5.75 Å². The van der Waals surface area contributed by atoms with Gasteiger partial charge in [0.05, 0.1) is 17.4 Å². The zero-order chi connectivity index (χ0) is 18.7. The normalized spacial score (nSPS) is 10.9. The van der Waals surface area contributed by atoms with Crippen LogP contribution in [0.4, 0.5) is 0 Å². The summed E-state index contributed by atoms with van der Waals surface area (Å²) in [5.41, 5.74) is 2.82. The fourth-order valence-corrected chi connectivity index (χ4v) is 2.92. The highest BCUT2D eigenvalue weighted by molar-refractivity contribution is 5.79. The lowest BCUT2D eigenvalue weighted by Crippen LogP contribution is -2.35. The molecule has 6 nitrogen and oxygen atoms in total. The molecule has 6 heteroatoms. The molecule has 0 atom stereocenters. The molecule has 0 radical (unpaired) electrons. The summed E-state index contributed by atoms with van der Waals surface area (Å²) >= 11 is 0. The molecule has 0 saturated heterocycles. The van der Waals surface area contributed by atoms with Crippen molar-refractivity contribution in [2.24, 2.45) is 0 Å². The van der Waals surface area contributed by atoms with E-state index in [2.05, 4.69) is 11.2 Å². The van der Waals surface area contributed by atoms with E-state index >= 15 is 0 Å². The molecule has 1 amide bonds. The number of carbonyl (C=O) groups excluding carboxylic acids is 1. The van der Waals surface area contributed by atoms with Gasteiger partial charge in [-0.3, -0.25) is 14.7 Å². The molecule has 26 heavy (non-hydrogen) atoms. The lowest BCUT2D eigenvalue weighted by atomic mass is 10.1. The molecule has 0 spiro atoms. The third-order valence-corrected chi connectivity index (χ3v) is 4.27.